The second-order valence-electron chi connectivity index (χ2n) is 5.53. The van der Waals surface area contributed by atoms with Crippen molar-refractivity contribution in [3.8, 4) is 0 Å². The summed E-state index contributed by atoms with van der Waals surface area (Å²) in [4.78, 5) is 0. The molecule has 0 aromatic rings. The van der Waals surface area contributed by atoms with Crippen molar-refractivity contribution in [2.45, 2.75) is 59.8 Å². The van der Waals surface area contributed by atoms with Crippen LogP contribution in [0.4, 0.5) is 0 Å². The molecule has 0 aromatic heterocycles. The largest absolute Gasteiger partial charge is 0.286 e. The van der Waals surface area contributed by atoms with Gasteiger partial charge in [0, 0.05) is 0 Å². The molecular formula is C16H28O3S. The third-order valence-electron chi connectivity index (χ3n) is 2.99. The fourth-order valence-corrected chi connectivity index (χ4v) is 2.21. The highest BCUT2D eigenvalue weighted by Gasteiger charge is 2.01. The van der Waals surface area contributed by atoms with E-state index in [1.807, 2.05) is 13.0 Å². The minimum absolute atomic E-state index is 0.193. The molecule has 1 N–H and O–H groups in total. The fraction of sp³-hybridized carbons (Fsp3) is 0.625. The average Bonchev–Trinajstić information content (AvgIpc) is 2.26. The molecule has 0 unspecified atom stereocenters. The maximum absolute atomic E-state index is 10.6. The van der Waals surface area contributed by atoms with Gasteiger partial charge in [-0.05, 0) is 59.8 Å². The highest BCUT2D eigenvalue weighted by atomic mass is 32.2. The lowest BCUT2D eigenvalue weighted by molar-refractivity contribution is 0.483. The van der Waals surface area contributed by atoms with Crippen LogP contribution in [0.3, 0.4) is 0 Å². The van der Waals surface area contributed by atoms with Crippen molar-refractivity contribution in [3.05, 3.63) is 34.9 Å². The van der Waals surface area contributed by atoms with E-state index >= 15 is 0 Å². The zero-order valence-corrected chi connectivity index (χ0v) is 14.0. The van der Waals surface area contributed by atoms with E-state index in [1.165, 1.54) is 16.7 Å². The predicted octanol–water partition coefficient (Wildman–Crippen LogP) is 4.68. The lowest BCUT2D eigenvalue weighted by atomic mass is 10.1. The van der Waals surface area contributed by atoms with Gasteiger partial charge < -0.3 is 0 Å². The molecule has 20 heavy (non-hydrogen) atoms. The molecule has 0 amide bonds. The highest BCUT2D eigenvalue weighted by Crippen LogP contribution is 2.11. The molecule has 0 aliphatic heterocycles. The molecule has 0 heterocycles. The first-order valence-corrected chi connectivity index (χ1v) is 8.71. The summed E-state index contributed by atoms with van der Waals surface area (Å²) in [6.07, 6.45) is 10.9. The lowest BCUT2D eigenvalue weighted by Gasteiger charge is -2.01. The zero-order chi connectivity index (χ0) is 15.6. The van der Waals surface area contributed by atoms with Gasteiger partial charge in [0.15, 0.2) is 0 Å². The van der Waals surface area contributed by atoms with Crippen LogP contribution in [-0.2, 0) is 10.1 Å². The van der Waals surface area contributed by atoms with Crippen molar-refractivity contribution in [2.24, 2.45) is 0 Å². The Labute approximate surface area is 124 Å². The fourth-order valence-electron chi connectivity index (χ4n) is 1.79. The summed E-state index contributed by atoms with van der Waals surface area (Å²) in [6, 6.07) is 0. The predicted molar refractivity (Wildman–Crippen MR) is 86.4 cm³/mol. The van der Waals surface area contributed by atoms with Gasteiger partial charge in [-0.25, -0.2) is 0 Å². The Morgan fingerprint density at radius 3 is 1.75 bits per heavy atom. The number of hydrogen-bond donors (Lipinski definition) is 1. The van der Waals surface area contributed by atoms with Crippen molar-refractivity contribution >= 4 is 10.1 Å². The minimum Gasteiger partial charge on any atom is -0.286 e. The van der Waals surface area contributed by atoms with Crippen molar-refractivity contribution in [1.82, 2.24) is 0 Å². The van der Waals surface area contributed by atoms with Crippen LogP contribution >= 0.6 is 0 Å². The van der Waals surface area contributed by atoms with Gasteiger partial charge in [0.25, 0.3) is 10.1 Å². The van der Waals surface area contributed by atoms with Crippen LogP contribution in [0.2, 0.25) is 0 Å². The zero-order valence-electron chi connectivity index (χ0n) is 13.1. The van der Waals surface area contributed by atoms with Crippen LogP contribution in [0.25, 0.3) is 0 Å². The second-order valence-corrected chi connectivity index (χ2v) is 7.11. The lowest BCUT2D eigenvalue weighted by Crippen LogP contribution is -2.02. The van der Waals surface area contributed by atoms with Crippen molar-refractivity contribution < 1.29 is 13.0 Å². The Kier molecular flexibility index (Phi) is 9.51. The molecule has 0 saturated heterocycles. The summed E-state index contributed by atoms with van der Waals surface area (Å²) in [6.45, 7) is 8.37. The van der Waals surface area contributed by atoms with Gasteiger partial charge in [0.1, 0.15) is 0 Å². The summed E-state index contributed by atoms with van der Waals surface area (Å²) in [5.74, 6) is -0.193. The second kappa shape index (κ2) is 9.94. The van der Waals surface area contributed by atoms with E-state index in [-0.39, 0.29) is 5.75 Å². The molecule has 0 spiro atoms. The molecule has 116 valence electrons. The summed E-state index contributed by atoms with van der Waals surface area (Å²) in [5.41, 5.74) is 3.92. The van der Waals surface area contributed by atoms with Crippen molar-refractivity contribution in [3.63, 3.8) is 0 Å². The summed E-state index contributed by atoms with van der Waals surface area (Å²) < 4.78 is 29.8. The maximum atomic E-state index is 10.6. The molecule has 0 fully saturated rings. The molecule has 0 aliphatic rings. The standard InChI is InChI=1S/C16H28O3S/c1-14(2)8-5-9-15(3)10-6-11-16(4)12-7-13-20(17,18)19/h8,10,12H,5-7,9,11,13H2,1-4H3,(H,17,18,19). The quantitative estimate of drug-likeness (QED) is 0.496. The van der Waals surface area contributed by atoms with Crippen molar-refractivity contribution in [2.75, 3.05) is 5.75 Å². The molecule has 0 saturated carbocycles. The Morgan fingerprint density at radius 1 is 0.850 bits per heavy atom. The molecule has 0 aromatic carbocycles. The molecule has 0 bridgehead atoms. The normalized spacial score (nSPS) is 13.4. The van der Waals surface area contributed by atoms with Crippen LogP contribution in [0.5, 0.6) is 0 Å². The Balaban J connectivity index is 3.97. The molecule has 0 radical (unpaired) electrons. The number of rotatable bonds is 9. The molecule has 3 nitrogen and oxygen atoms in total. The smallest absolute Gasteiger partial charge is 0.265 e. The summed E-state index contributed by atoms with van der Waals surface area (Å²) in [5, 5.41) is 0. The molecular weight excluding hydrogens is 272 g/mol. The van der Waals surface area contributed by atoms with Gasteiger partial charge >= 0.3 is 0 Å². The first kappa shape index (κ1) is 19.1. The number of allylic oxidation sites excluding steroid dienone is 6. The third-order valence-corrected chi connectivity index (χ3v) is 3.74. The van der Waals surface area contributed by atoms with Crippen LogP contribution in [-0.4, -0.2) is 18.7 Å². The van der Waals surface area contributed by atoms with Gasteiger partial charge in [0.2, 0.25) is 0 Å². The van der Waals surface area contributed by atoms with Gasteiger partial charge in [-0.2, -0.15) is 8.42 Å². The Hall–Kier alpha value is -0.870. The van der Waals surface area contributed by atoms with Gasteiger partial charge in [0.05, 0.1) is 5.75 Å². The minimum atomic E-state index is -3.83. The van der Waals surface area contributed by atoms with Crippen LogP contribution < -0.4 is 0 Å². The first-order chi connectivity index (χ1) is 9.20. The maximum Gasteiger partial charge on any atom is 0.265 e. The van der Waals surface area contributed by atoms with E-state index in [2.05, 4.69) is 32.9 Å². The van der Waals surface area contributed by atoms with E-state index in [0.29, 0.717) is 6.42 Å². The van der Waals surface area contributed by atoms with Gasteiger partial charge in [-0.1, -0.05) is 34.9 Å². The van der Waals surface area contributed by atoms with Gasteiger partial charge in [-0.3, -0.25) is 4.55 Å². The van der Waals surface area contributed by atoms with E-state index in [0.717, 1.165) is 25.7 Å². The van der Waals surface area contributed by atoms with E-state index in [1.54, 1.807) is 0 Å². The van der Waals surface area contributed by atoms with Crippen LogP contribution in [0.15, 0.2) is 34.9 Å². The molecule has 4 heteroatoms. The average molecular weight is 300 g/mol. The molecule has 0 atom stereocenters. The number of hydrogen-bond acceptors (Lipinski definition) is 2. The SMILES string of the molecule is CC(C)=CCCC(C)=CCCC(C)=CCCS(=O)(=O)O. The Bertz CT molecular complexity index is 464. The molecule has 0 rings (SSSR count). The summed E-state index contributed by atoms with van der Waals surface area (Å²) >= 11 is 0. The monoisotopic (exact) mass is 300 g/mol. The topological polar surface area (TPSA) is 54.4 Å². The Morgan fingerprint density at radius 2 is 1.30 bits per heavy atom. The van der Waals surface area contributed by atoms with Crippen LogP contribution in [0, 0.1) is 0 Å². The van der Waals surface area contributed by atoms with E-state index in [4.69, 9.17) is 4.55 Å². The van der Waals surface area contributed by atoms with E-state index in [9.17, 15) is 8.42 Å². The first-order valence-electron chi connectivity index (χ1n) is 7.10. The highest BCUT2D eigenvalue weighted by molar-refractivity contribution is 7.85. The third kappa shape index (κ3) is 13.6. The summed E-state index contributed by atoms with van der Waals surface area (Å²) in [7, 11) is -3.83. The van der Waals surface area contributed by atoms with Crippen LogP contribution in [0.1, 0.15) is 59.8 Å². The van der Waals surface area contributed by atoms with E-state index < -0.39 is 10.1 Å². The van der Waals surface area contributed by atoms with Crippen molar-refractivity contribution in [1.29, 1.82) is 0 Å². The van der Waals surface area contributed by atoms with Gasteiger partial charge in [-0.15, -0.1) is 0 Å². The molecule has 0 aliphatic carbocycles.